The van der Waals surface area contributed by atoms with Crippen molar-refractivity contribution in [1.29, 1.82) is 0 Å². The summed E-state index contributed by atoms with van der Waals surface area (Å²) >= 11 is 0. The smallest absolute Gasteiger partial charge is 0.238 e. The normalized spacial score (nSPS) is 14.8. The first-order chi connectivity index (χ1) is 9.70. The van der Waals surface area contributed by atoms with Crippen molar-refractivity contribution in [3.63, 3.8) is 0 Å². The Morgan fingerprint density at radius 1 is 1.30 bits per heavy atom. The fraction of sp³-hybridized carbons (Fsp3) is 0.308. The number of nitrogens with two attached hydrogens (primary N) is 1. The molecule has 1 aromatic carbocycles. The van der Waals surface area contributed by atoms with Crippen LogP contribution in [-0.2, 0) is 17.9 Å². The van der Waals surface area contributed by atoms with Crippen molar-refractivity contribution in [2.75, 3.05) is 24.1 Å². The minimum atomic E-state index is -0.0391. The molecule has 3 N–H and O–H groups in total. The summed E-state index contributed by atoms with van der Waals surface area (Å²) in [6, 6.07) is 7.11. The fourth-order valence-corrected chi connectivity index (χ4v) is 2.22. The van der Waals surface area contributed by atoms with Crippen LogP contribution in [0.3, 0.4) is 0 Å². The van der Waals surface area contributed by atoms with Crippen LogP contribution in [0, 0.1) is 0 Å². The van der Waals surface area contributed by atoms with Crippen molar-refractivity contribution >= 4 is 17.3 Å². The molecule has 0 spiro atoms. The van der Waals surface area contributed by atoms with Gasteiger partial charge in [-0.15, -0.1) is 10.2 Å². The lowest BCUT2D eigenvalue weighted by Gasteiger charge is -2.26. The standard InChI is InChI=1S/C13H16N6O/c14-10-1-3-11(4-2-10)16-13(20)8-18-5-6-19-9-15-17-12(19)7-18/h1-4,9H,5-8,14H2,(H,16,20). The first kappa shape index (κ1) is 12.6. The molecule has 1 aliphatic heterocycles. The van der Waals surface area contributed by atoms with Gasteiger partial charge >= 0.3 is 0 Å². The number of rotatable bonds is 3. The number of benzene rings is 1. The molecule has 0 unspecified atom stereocenters. The van der Waals surface area contributed by atoms with Gasteiger partial charge in [0.1, 0.15) is 12.2 Å². The Labute approximate surface area is 116 Å². The highest BCUT2D eigenvalue weighted by atomic mass is 16.2. The van der Waals surface area contributed by atoms with Gasteiger partial charge in [-0.1, -0.05) is 0 Å². The Balaban J connectivity index is 1.56. The summed E-state index contributed by atoms with van der Waals surface area (Å²) < 4.78 is 2.01. The van der Waals surface area contributed by atoms with Crippen molar-refractivity contribution in [3.8, 4) is 0 Å². The number of nitrogens with one attached hydrogen (secondary N) is 1. The van der Waals surface area contributed by atoms with E-state index in [2.05, 4.69) is 20.4 Å². The van der Waals surface area contributed by atoms with Gasteiger partial charge in [0.05, 0.1) is 13.1 Å². The molecule has 0 fully saturated rings. The van der Waals surface area contributed by atoms with Crippen LogP contribution in [0.2, 0.25) is 0 Å². The SMILES string of the molecule is Nc1ccc(NC(=O)CN2CCn3cnnc3C2)cc1. The maximum absolute atomic E-state index is 12.0. The molecule has 3 rings (SSSR count). The molecule has 1 aromatic heterocycles. The molecule has 0 bridgehead atoms. The van der Waals surface area contributed by atoms with E-state index in [1.165, 1.54) is 0 Å². The molecule has 7 heteroatoms. The molecule has 0 atom stereocenters. The maximum atomic E-state index is 12.0. The average molecular weight is 272 g/mol. The second-order valence-corrected chi connectivity index (χ2v) is 4.82. The molecule has 104 valence electrons. The van der Waals surface area contributed by atoms with Crippen LogP contribution in [0.15, 0.2) is 30.6 Å². The summed E-state index contributed by atoms with van der Waals surface area (Å²) in [4.78, 5) is 14.0. The largest absolute Gasteiger partial charge is 0.399 e. The Bertz CT molecular complexity index is 606. The molecule has 0 saturated carbocycles. The third-order valence-electron chi connectivity index (χ3n) is 3.28. The highest BCUT2D eigenvalue weighted by Gasteiger charge is 2.19. The van der Waals surface area contributed by atoms with Gasteiger partial charge in [0.2, 0.25) is 5.91 Å². The summed E-state index contributed by atoms with van der Waals surface area (Å²) in [5, 5.41) is 10.8. The molecule has 0 aliphatic carbocycles. The topological polar surface area (TPSA) is 89.1 Å². The maximum Gasteiger partial charge on any atom is 0.238 e. The van der Waals surface area contributed by atoms with Crippen LogP contribution >= 0.6 is 0 Å². The highest BCUT2D eigenvalue weighted by molar-refractivity contribution is 5.92. The number of anilines is 2. The monoisotopic (exact) mass is 272 g/mol. The number of carbonyl (C=O) groups is 1. The van der Waals surface area contributed by atoms with Crippen LogP contribution in [0.4, 0.5) is 11.4 Å². The van der Waals surface area contributed by atoms with Crippen molar-refractivity contribution in [2.24, 2.45) is 0 Å². The molecular weight excluding hydrogens is 256 g/mol. The van der Waals surface area contributed by atoms with Gasteiger partial charge in [-0.05, 0) is 24.3 Å². The van der Waals surface area contributed by atoms with Crippen molar-refractivity contribution in [2.45, 2.75) is 13.1 Å². The summed E-state index contributed by atoms with van der Waals surface area (Å²) in [6.45, 7) is 2.63. The van der Waals surface area contributed by atoms with Gasteiger partial charge in [0, 0.05) is 24.5 Å². The van der Waals surface area contributed by atoms with E-state index in [0.717, 1.165) is 24.6 Å². The van der Waals surface area contributed by atoms with E-state index in [1.807, 2.05) is 4.57 Å². The van der Waals surface area contributed by atoms with E-state index in [0.29, 0.717) is 18.8 Å². The number of hydrogen-bond acceptors (Lipinski definition) is 5. The molecule has 7 nitrogen and oxygen atoms in total. The quantitative estimate of drug-likeness (QED) is 0.785. The molecule has 20 heavy (non-hydrogen) atoms. The zero-order valence-electron chi connectivity index (χ0n) is 11.0. The molecule has 1 aliphatic rings. The number of hydrogen-bond donors (Lipinski definition) is 2. The van der Waals surface area contributed by atoms with Gasteiger partial charge < -0.3 is 15.6 Å². The second-order valence-electron chi connectivity index (χ2n) is 4.82. The van der Waals surface area contributed by atoms with Crippen molar-refractivity contribution in [1.82, 2.24) is 19.7 Å². The van der Waals surface area contributed by atoms with Crippen LogP contribution in [-0.4, -0.2) is 38.7 Å². The van der Waals surface area contributed by atoms with E-state index in [9.17, 15) is 4.79 Å². The van der Waals surface area contributed by atoms with E-state index in [1.54, 1.807) is 30.6 Å². The number of carbonyl (C=O) groups excluding carboxylic acids is 1. The summed E-state index contributed by atoms with van der Waals surface area (Å²) in [7, 11) is 0. The number of aromatic nitrogens is 3. The zero-order valence-corrected chi connectivity index (χ0v) is 11.0. The summed E-state index contributed by atoms with van der Waals surface area (Å²) in [5.41, 5.74) is 7.04. The lowest BCUT2D eigenvalue weighted by Crippen LogP contribution is -2.39. The number of amides is 1. The van der Waals surface area contributed by atoms with Crippen LogP contribution < -0.4 is 11.1 Å². The second kappa shape index (κ2) is 5.30. The average Bonchev–Trinajstić information content (AvgIpc) is 2.89. The Hall–Kier alpha value is -2.41. The zero-order chi connectivity index (χ0) is 13.9. The van der Waals surface area contributed by atoms with Gasteiger partial charge in [0.15, 0.2) is 0 Å². The van der Waals surface area contributed by atoms with E-state index in [4.69, 9.17) is 5.73 Å². The Morgan fingerprint density at radius 3 is 2.90 bits per heavy atom. The molecular formula is C13H16N6O. The van der Waals surface area contributed by atoms with E-state index in [-0.39, 0.29) is 5.91 Å². The lowest BCUT2D eigenvalue weighted by molar-refractivity contribution is -0.117. The molecule has 2 aromatic rings. The lowest BCUT2D eigenvalue weighted by atomic mass is 10.3. The Morgan fingerprint density at radius 2 is 2.10 bits per heavy atom. The fourth-order valence-electron chi connectivity index (χ4n) is 2.22. The predicted octanol–water partition coefficient (Wildman–Crippen LogP) is 0.315. The Kier molecular flexibility index (Phi) is 3.34. The van der Waals surface area contributed by atoms with Crippen molar-refractivity contribution in [3.05, 3.63) is 36.4 Å². The molecule has 0 radical (unpaired) electrons. The van der Waals surface area contributed by atoms with Gasteiger partial charge in [-0.3, -0.25) is 9.69 Å². The highest BCUT2D eigenvalue weighted by Crippen LogP contribution is 2.12. The predicted molar refractivity (Wildman–Crippen MR) is 74.8 cm³/mol. The number of nitrogens with zero attached hydrogens (tertiary/aromatic N) is 4. The molecule has 2 heterocycles. The molecule has 1 amide bonds. The third kappa shape index (κ3) is 2.77. The number of fused-ring (bicyclic) bond motifs is 1. The first-order valence-electron chi connectivity index (χ1n) is 6.45. The summed E-state index contributed by atoms with van der Waals surface area (Å²) in [5.74, 6) is 0.860. The van der Waals surface area contributed by atoms with Crippen LogP contribution in [0.25, 0.3) is 0 Å². The third-order valence-corrected chi connectivity index (χ3v) is 3.28. The van der Waals surface area contributed by atoms with Gasteiger partial charge in [-0.2, -0.15) is 0 Å². The van der Waals surface area contributed by atoms with Crippen LogP contribution in [0.1, 0.15) is 5.82 Å². The number of nitrogen functional groups attached to an aromatic ring is 1. The van der Waals surface area contributed by atoms with E-state index >= 15 is 0 Å². The minimum Gasteiger partial charge on any atom is -0.399 e. The molecule has 0 saturated heterocycles. The van der Waals surface area contributed by atoms with Crippen LogP contribution in [0.5, 0.6) is 0 Å². The minimum absolute atomic E-state index is 0.0391. The first-order valence-corrected chi connectivity index (χ1v) is 6.45. The summed E-state index contributed by atoms with van der Waals surface area (Å²) in [6.07, 6.45) is 1.72. The van der Waals surface area contributed by atoms with Gasteiger partial charge in [0.25, 0.3) is 0 Å². The van der Waals surface area contributed by atoms with E-state index < -0.39 is 0 Å². The van der Waals surface area contributed by atoms with Crippen molar-refractivity contribution < 1.29 is 4.79 Å². The van der Waals surface area contributed by atoms with Gasteiger partial charge in [-0.25, -0.2) is 0 Å².